The van der Waals surface area contributed by atoms with Gasteiger partial charge in [-0.2, -0.15) is 0 Å². The van der Waals surface area contributed by atoms with Crippen molar-refractivity contribution in [3.05, 3.63) is 41.6 Å². The van der Waals surface area contributed by atoms with Gasteiger partial charge in [-0.3, -0.25) is 0 Å². The molecular formula is C16H22N2O. The highest BCUT2D eigenvalue weighted by Crippen LogP contribution is 2.31. The van der Waals surface area contributed by atoms with Crippen molar-refractivity contribution in [1.82, 2.24) is 10.5 Å². The Hall–Kier alpha value is -1.61. The van der Waals surface area contributed by atoms with Crippen molar-refractivity contribution < 1.29 is 4.52 Å². The van der Waals surface area contributed by atoms with Crippen LogP contribution in [0.1, 0.15) is 44.9 Å². The Bertz CT molecular complexity index is 515. The molecule has 1 aromatic carbocycles. The maximum atomic E-state index is 5.59. The number of hydrogen-bond donors (Lipinski definition) is 1. The van der Waals surface area contributed by atoms with Crippen molar-refractivity contribution in [3.63, 3.8) is 0 Å². The molecule has 0 aliphatic carbocycles. The molecule has 0 aliphatic rings. The Balaban J connectivity index is 2.35. The van der Waals surface area contributed by atoms with Gasteiger partial charge in [0.2, 0.25) is 0 Å². The molecule has 0 amide bonds. The van der Waals surface area contributed by atoms with Crippen LogP contribution in [0.15, 0.2) is 34.9 Å². The normalized spacial score (nSPS) is 11.5. The fourth-order valence-corrected chi connectivity index (χ4v) is 2.15. The molecule has 0 saturated carbocycles. The first-order chi connectivity index (χ1) is 9.09. The molecule has 0 radical (unpaired) electrons. The second-order valence-corrected chi connectivity index (χ2v) is 5.43. The molecule has 19 heavy (non-hydrogen) atoms. The summed E-state index contributed by atoms with van der Waals surface area (Å²) in [7, 11) is 0. The van der Waals surface area contributed by atoms with Gasteiger partial charge in [-0.05, 0) is 5.92 Å². The molecule has 3 heteroatoms. The molecule has 1 heterocycles. The standard InChI is InChI=1S/C16H22N2O/c1-11(2)15-14(10-17-12(3)4)18-19-16(15)13-8-6-5-7-9-13/h5-9,11-12,17H,10H2,1-4H3. The van der Waals surface area contributed by atoms with Gasteiger partial charge in [0.15, 0.2) is 5.76 Å². The lowest BCUT2D eigenvalue weighted by atomic mass is 9.97. The van der Waals surface area contributed by atoms with E-state index < -0.39 is 0 Å². The molecule has 0 atom stereocenters. The summed E-state index contributed by atoms with van der Waals surface area (Å²) >= 11 is 0. The van der Waals surface area contributed by atoms with Crippen molar-refractivity contribution in [1.29, 1.82) is 0 Å². The summed E-state index contributed by atoms with van der Waals surface area (Å²) in [6.07, 6.45) is 0. The molecule has 1 N–H and O–H groups in total. The minimum Gasteiger partial charge on any atom is -0.356 e. The monoisotopic (exact) mass is 258 g/mol. The minimum absolute atomic E-state index is 0.394. The van der Waals surface area contributed by atoms with Crippen LogP contribution in [0.5, 0.6) is 0 Å². The quantitative estimate of drug-likeness (QED) is 0.882. The first-order valence-corrected chi connectivity index (χ1v) is 6.86. The van der Waals surface area contributed by atoms with Gasteiger partial charge < -0.3 is 9.84 Å². The Morgan fingerprint density at radius 3 is 2.37 bits per heavy atom. The van der Waals surface area contributed by atoms with Gasteiger partial charge in [0.25, 0.3) is 0 Å². The Kier molecular flexibility index (Phi) is 4.38. The van der Waals surface area contributed by atoms with Crippen molar-refractivity contribution in [2.75, 3.05) is 0 Å². The van der Waals surface area contributed by atoms with Crippen LogP contribution in [0.4, 0.5) is 0 Å². The van der Waals surface area contributed by atoms with E-state index in [0.717, 1.165) is 23.6 Å². The zero-order valence-corrected chi connectivity index (χ0v) is 12.1. The van der Waals surface area contributed by atoms with Crippen LogP contribution in [0.2, 0.25) is 0 Å². The fraction of sp³-hybridized carbons (Fsp3) is 0.438. The van der Waals surface area contributed by atoms with Crippen LogP contribution in [0, 0.1) is 0 Å². The second-order valence-electron chi connectivity index (χ2n) is 5.43. The maximum Gasteiger partial charge on any atom is 0.170 e. The van der Waals surface area contributed by atoms with Crippen molar-refractivity contribution in [2.45, 2.75) is 46.2 Å². The summed E-state index contributed by atoms with van der Waals surface area (Å²) in [5, 5.41) is 7.65. The van der Waals surface area contributed by atoms with Gasteiger partial charge in [-0.25, -0.2) is 0 Å². The molecule has 0 spiro atoms. The minimum atomic E-state index is 0.394. The van der Waals surface area contributed by atoms with Gasteiger partial charge in [0, 0.05) is 23.7 Å². The number of nitrogens with one attached hydrogen (secondary N) is 1. The molecule has 3 nitrogen and oxygen atoms in total. The number of aromatic nitrogens is 1. The summed E-state index contributed by atoms with van der Waals surface area (Å²) in [5.74, 6) is 1.29. The second kappa shape index (κ2) is 6.02. The first kappa shape index (κ1) is 13.8. The van der Waals surface area contributed by atoms with Crippen LogP contribution in [0.25, 0.3) is 11.3 Å². The molecule has 0 aliphatic heterocycles. The van der Waals surface area contributed by atoms with Crippen molar-refractivity contribution >= 4 is 0 Å². The topological polar surface area (TPSA) is 38.1 Å². The Morgan fingerprint density at radius 2 is 1.79 bits per heavy atom. The lowest BCUT2D eigenvalue weighted by Gasteiger charge is -2.10. The van der Waals surface area contributed by atoms with Crippen LogP contribution in [0.3, 0.4) is 0 Å². The third-order valence-electron chi connectivity index (χ3n) is 3.09. The first-order valence-electron chi connectivity index (χ1n) is 6.86. The van der Waals surface area contributed by atoms with E-state index in [9.17, 15) is 0 Å². The fourth-order valence-electron chi connectivity index (χ4n) is 2.15. The van der Waals surface area contributed by atoms with E-state index in [0.29, 0.717) is 12.0 Å². The highest BCUT2D eigenvalue weighted by molar-refractivity contribution is 5.62. The van der Waals surface area contributed by atoms with E-state index in [1.165, 1.54) is 5.56 Å². The highest BCUT2D eigenvalue weighted by Gasteiger charge is 2.19. The molecule has 2 rings (SSSR count). The van der Waals surface area contributed by atoms with E-state index >= 15 is 0 Å². The summed E-state index contributed by atoms with van der Waals surface area (Å²) in [4.78, 5) is 0. The average molecular weight is 258 g/mol. The van der Waals surface area contributed by atoms with Crippen LogP contribution in [-0.2, 0) is 6.54 Å². The number of nitrogens with zero attached hydrogens (tertiary/aromatic N) is 1. The summed E-state index contributed by atoms with van der Waals surface area (Å²) < 4.78 is 5.59. The molecule has 0 unspecified atom stereocenters. The zero-order chi connectivity index (χ0) is 13.8. The number of hydrogen-bond acceptors (Lipinski definition) is 3. The average Bonchev–Trinajstić information content (AvgIpc) is 2.81. The molecule has 0 saturated heterocycles. The summed E-state index contributed by atoms with van der Waals surface area (Å²) in [6.45, 7) is 9.37. The van der Waals surface area contributed by atoms with Gasteiger partial charge in [-0.1, -0.05) is 63.2 Å². The van der Waals surface area contributed by atoms with Crippen LogP contribution >= 0.6 is 0 Å². The Labute approximate surface area is 115 Å². The lowest BCUT2D eigenvalue weighted by Crippen LogP contribution is -2.22. The van der Waals surface area contributed by atoms with Gasteiger partial charge >= 0.3 is 0 Å². The predicted molar refractivity (Wildman–Crippen MR) is 78.0 cm³/mol. The zero-order valence-electron chi connectivity index (χ0n) is 12.1. The van der Waals surface area contributed by atoms with E-state index in [1.807, 2.05) is 18.2 Å². The maximum absolute atomic E-state index is 5.59. The molecule has 102 valence electrons. The van der Waals surface area contributed by atoms with Gasteiger partial charge in [0.05, 0.1) is 0 Å². The van der Waals surface area contributed by atoms with E-state index in [-0.39, 0.29) is 0 Å². The third-order valence-corrected chi connectivity index (χ3v) is 3.09. The van der Waals surface area contributed by atoms with E-state index in [4.69, 9.17) is 4.52 Å². The Morgan fingerprint density at radius 1 is 1.11 bits per heavy atom. The number of rotatable bonds is 5. The van der Waals surface area contributed by atoms with Crippen molar-refractivity contribution in [2.24, 2.45) is 0 Å². The predicted octanol–water partition coefficient (Wildman–Crippen LogP) is 3.96. The molecule has 2 aromatic rings. The highest BCUT2D eigenvalue weighted by atomic mass is 16.5. The smallest absolute Gasteiger partial charge is 0.170 e. The van der Waals surface area contributed by atoms with Crippen LogP contribution < -0.4 is 5.32 Å². The van der Waals surface area contributed by atoms with E-state index in [2.05, 4.69) is 50.3 Å². The third kappa shape index (κ3) is 3.24. The largest absolute Gasteiger partial charge is 0.356 e. The van der Waals surface area contributed by atoms with Gasteiger partial charge in [0.1, 0.15) is 5.69 Å². The van der Waals surface area contributed by atoms with E-state index in [1.54, 1.807) is 0 Å². The summed E-state index contributed by atoms with van der Waals surface area (Å²) in [6, 6.07) is 10.6. The molecule has 0 bridgehead atoms. The van der Waals surface area contributed by atoms with Gasteiger partial charge in [-0.15, -0.1) is 0 Å². The molecule has 0 fully saturated rings. The molecular weight excluding hydrogens is 236 g/mol. The lowest BCUT2D eigenvalue weighted by molar-refractivity contribution is 0.417. The summed E-state index contributed by atoms with van der Waals surface area (Å²) in [5.41, 5.74) is 3.32. The van der Waals surface area contributed by atoms with Crippen LogP contribution in [-0.4, -0.2) is 11.2 Å². The SMILES string of the molecule is CC(C)NCc1noc(-c2ccccc2)c1C(C)C. The van der Waals surface area contributed by atoms with Crippen molar-refractivity contribution in [3.8, 4) is 11.3 Å². The number of benzene rings is 1. The molecule has 1 aromatic heterocycles.